The average Bonchev–Trinajstić information content (AvgIpc) is 2.18. The summed E-state index contributed by atoms with van der Waals surface area (Å²) in [4.78, 5) is 11.7. The lowest BCUT2D eigenvalue weighted by molar-refractivity contribution is 0.0985. The zero-order valence-corrected chi connectivity index (χ0v) is 9.12. The van der Waals surface area contributed by atoms with Gasteiger partial charge in [-0.25, -0.2) is 8.42 Å². The summed E-state index contributed by atoms with van der Waals surface area (Å²) in [5, 5.41) is 5.67. The van der Waals surface area contributed by atoms with Crippen LogP contribution in [0.1, 0.15) is 23.7 Å². The molecule has 1 atom stereocenters. The monoisotopic (exact) mass is 226 g/mol. The van der Waals surface area contributed by atoms with Crippen LogP contribution in [0.2, 0.25) is 0 Å². The Morgan fingerprint density at radius 3 is 2.27 bits per heavy atom. The summed E-state index contributed by atoms with van der Waals surface area (Å²) in [5.74, 6) is -0.506. The molecule has 0 aliphatic carbocycles. The molecule has 15 heavy (non-hydrogen) atoms. The Morgan fingerprint density at radius 1 is 1.33 bits per heavy atom. The molecule has 0 aliphatic heterocycles. The van der Waals surface area contributed by atoms with Crippen LogP contribution >= 0.6 is 0 Å². The largest absolute Gasteiger partial charge is 0.293 e. The summed E-state index contributed by atoms with van der Waals surface area (Å²) < 4.78 is 22.0. The maximum Gasteiger partial charge on any atom is 0.235 e. The first-order valence-electron chi connectivity index (χ1n) is 4.54. The van der Waals surface area contributed by atoms with Gasteiger partial charge < -0.3 is 0 Å². The van der Waals surface area contributed by atoms with Crippen molar-refractivity contribution in [3.63, 3.8) is 0 Å². The molecule has 1 unspecified atom stereocenters. The van der Waals surface area contributed by atoms with Gasteiger partial charge in [-0.05, 0) is 6.42 Å². The molecule has 1 N–H and O–H groups in total. The Labute approximate surface area is 89.2 Å². The van der Waals surface area contributed by atoms with Crippen LogP contribution in [0, 0.1) is 0 Å². The lowest BCUT2D eigenvalue weighted by Gasteiger charge is -2.10. The lowest BCUT2D eigenvalue weighted by atomic mass is 10.1. The van der Waals surface area contributed by atoms with Gasteiger partial charge in [0.15, 0.2) is 5.78 Å². The van der Waals surface area contributed by atoms with Crippen LogP contribution in [-0.2, 0) is 10.0 Å². The third kappa shape index (κ3) is 2.87. The zero-order valence-electron chi connectivity index (χ0n) is 8.30. The van der Waals surface area contributed by atoms with E-state index < -0.39 is 21.1 Å². The van der Waals surface area contributed by atoms with Crippen LogP contribution in [0.5, 0.6) is 0 Å². The van der Waals surface area contributed by atoms with Crippen LogP contribution in [0.3, 0.4) is 0 Å². The Morgan fingerprint density at radius 2 is 1.87 bits per heavy atom. The molecule has 4 nitrogen and oxygen atoms in total. The molecule has 0 saturated heterocycles. The van der Waals surface area contributed by atoms with E-state index in [2.05, 4.69) is 0 Å². The summed E-state index contributed by atoms with van der Waals surface area (Å²) in [6, 6.07) is 8.17. The smallest absolute Gasteiger partial charge is 0.235 e. The van der Waals surface area contributed by atoms with E-state index in [9.17, 15) is 13.2 Å². The number of carbonyl (C=O) groups is 1. The molecule has 1 radical (unpaired) electrons. The molecular formula is C10H12NO3S. The molecule has 0 aromatic heterocycles. The van der Waals surface area contributed by atoms with Crippen molar-refractivity contribution in [2.24, 2.45) is 0 Å². The molecule has 1 aromatic carbocycles. The Bertz CT molecular complexity index is 439. The lowest BCUT2D eigenvalue weighted by Crippen LogP contribution is -2.30. The number of hydrogen-bond donors (Lipinski definition) is 0. The summed E-state index contributed by atoms with van der Waals surface area (Å²) in [5.41, 5.74) is 0.333. The van der Waals surface area contributed by atoms with E-state index in [1.165, 1.54) is 0 Å². The second-order valence-corrected chi connectivity index (χ2v) is 4.83. The van der Waals surface area contributed by atoms with Crippen molar-refractivity contribution >= 4 is 15.8 Å². The maximum atomic E-state index is 11.7. The fourth-order valence-corrected chi connectivity index (χ4v) is 2.19. The van der Waals surface area contributed by atoms with Gasteiger partial charge in [0.25, 0.3) is 0 Å². The van der Waals surface area contributed by atoms with E-state index in [0.29, 0.717) is 5.56 Å². The van der Waals surface area contributed by atoms with E-state index in [1.54, 1.807) is 37.3 Å². The van der Waals surface area contributed by atoms with Crippen molar-refractivity contribution in [2.75, 3.05) is 0 Å². The van der Waals surface area contributed by atoms with E-state index in [1.807, 2.05) is 0 Å². The van der Waals surface area contributed by atoms with Gasteiger partial charge in [-0.15, -0.1) is 5.14 Å². The second-order valence-electron chi connectivity index (χ2n) is 3.17. The molecule has 0 heterocycles. The van der Waals surface area contributed by atoms with Crippen molar-refractivity contribution < 1.29 is 13.2 Å². The van der Waals surface area contributed by atoms with Gasteiger partial charge in [0.2, 0.25) is 10.0 Å². The van der Waals surface area contributed by atoms with Crippen LogP contribution in [0.4, 0.5) is 0 Å². The van der Waals surface area contributed by atoms with Gasteiger partial charge in [-0.2, -0.15) is 0 Å². The molecule has 0 aliphatic rings. The third-order valence-electron chi connectivity index (χ3n) is 2.10. The van der Waals surface area contributed by atoms with E-state index in [0.717, 1.165) is 0 Å². The molecule has 1 aromatic rings. The quantitative estimate of drug-likeness (QED) is 0.725. The van der Waals surface area contributed by atoms with Gasteiger partial charge in [-0.3, -0.25) is 4.79 Å². The normalized spacial score (nSPS) is 13.5. The fraction of sp³-hybridized carbons (Fsp3) is 0.300. The van der Waals surface area contributed by atoms with E-state index in [4.69, 9.17) is 5.14 Å². The van der Waals surface area contributed by atoms with Crippen molar-refractivity contribution in [3.05, 3.63) is 35.9 Å². The fourth-order valence-electron chi connectivity index (χ4n) is 1.33. The summed E-state index contributed by atoms with van der Waals surface area (Å²) >= 11 is 0. The highest BCUT2D eigenvalue weighted by molar-refractivity contribution is 7.90. The van der Waals surface area contributed by atoms with Gasteiger partial charge >= 0.3 is 0 Å². The van der Waals surface area contributed by atoms with Gasteiger partial charge in [0, 0.05) is 5.56 Å². The molecule has 0 bridgehead atoms. The minimum Gasteiger partial charge on any atom is -0.293 e. The predicted octanol–water partition coefficient (Wildman–Crippen LogP) is 1.26. The molecule has 0 fully saturated rings. The molecule has 5 heteroatoms. The predicted molar refractivity (Wildman–Crippen MR) is 56.9 cm³/mol. The number of Topliss-reactive ketones (excluding diaryl/α,β-unsaturated/α-hetero) is 1. The van der Waals surface area contributed by atoms with Crippen LogP contribution < -0.4 is 5.14 Å². The van der Waals surface area contributed by atoms with Crippen LogP contribution in [-0.4, -0.2) is 19.5 Å². The topological polar surface area (TPSA) is 75.0 Å². The van der Waals surface area contributed by atoms with Gasteiger partial charge in [0.1, 0.15) is 5.25 Å². The second kappa shape index (κ2) is 4.55. The molecule has 81 valence electrons. The Hall–Kier alpha value is -1.20. The number of nitrogens with one attached hydrogen (secondary N) is 1. The highest BCUT2D eigenvalue weighted by atomic mass is 32.2. The van der Waals surface area contributed by atoms with Crippen molar-refractivity contribution in [3.8, 4) is 0 Å². The Kier molecular flexibility index (Phi) is 3.60. The molecule has 0 amide bonds. The van der Waals surface area contributed by atoms with Crippen molar-refractivity contribution in [1.82, 2.24) is 5.14 Å². The number of rotatable bonds is 4. The SMILES string of the molecule is CCC(C(=O)c1ccccc1)S([NH])(=O)=O. The summed E-state index contributed by atoms with van der Waals surface area (Å²) in [7, 11) is -4.06. The first-order chi connectivity index (χ1) is 6.96. The van der Waals surface area contributed by atoms with Gasteiger partial charge in [0.05, 0.1) is 0 Å². The van der Waals surface area contributed by atoms with E-state index in [-0.39, 0.29) is 6.42 Å². The minimum absolute atomic E-state index is 0.125. The minimum atomic E-state index is -4.06. The molecule has 0 saturated carbocycles. The number of benzene rings is 1. The standard InChI is InChI=1S/C10H12NO3S/c1-2-9(15(11,13)14)10(12)8-6-4-3-5-7-8/h3-7,9,11H,2H2,1H3. The average molecular weight is 226 g/mol. The van der Waals surface area contributed by atoms with Crippen LogP contribution in [0.15, 0.2) is 30.3 Å². The Balaban J connectivity index is 3.04. The first-order valence-corrected chi connectivity index (χ1v) is 6.09. The first kappa shape index (κ1) is 11.9. The highest BCUT2D eigenvalue weighted by Gasteiger charge is 2.28. The highest BCUT2D eigenvalue weighted by Crippen LogP contribution is 2.11. The third-order valence-corrected chi connectivity index (χ3v) is 3.39. The molecular weight excluding hydrogens is 214 g/mol. The number of hydrogen-bond acceptors (Lipinski definition) is 3. The molecule has 1 rings (SSSR count). The zero-order chi connectivity index (χ0) is 11.5. The maximum absolute atomic E-state index is 11.7. The number of carbonyl (C=O) groups excluding carboxylic acids is 1. The van der Waals surface area contributed by atoms with E-state index >= 15 is 0 Å². The summed E-state index contributed by atoms with van der Waals surface area (Å²) in [6.45, 7) is 1.58. The number of ketones is 1. The summed E-state index contributed by atoms with van der Waals surface area (Å²) in [6.07, 6.45) is 0.125. The van der Waals surface area contributed by atoms with Gasteiger partial charge in [-0.1, -0.05) is 37.3 Å². The van der Waals surface area contributed by atoms with Crippen molar-refractivity contribution in [2.45, 2.75) is 18.6 Å². The van der Waals surface area contributed by atoms with Crippen LogP contribution in [0.25, 0.3) is 0 Å². The number of sulfonamides is 1. The molecule has 0 spiro atoms. The van der Waals surface area contributed by atoms with Crippen molar-refractivity contribution in [1.29, 1.82) is 0 Å².